The van der Waals surface area contributed by atoms with Gasteiger partial charge < -0.3 is 0 Å². The van der Waals surface area contributed by atoms with E-state index >= 15 is 0 Å². The van der Waals surface area contributed by atoms with Crippen molar-refractivity contribution in [3.63, 3.8) is 0 Å². The fraction of sp³-hybridized carbons (Fsp3) is 1.00. The van der Waals surface area contributed by atoms with Crippen molar-refractivity contribution in [2.24, 2.45) is 0 Å². The predicted octanol–water partition coefficient (Wildman–Crippen LogP) is 11.2. The van der Waals surface area contributed by atoms with E-state index in [-0.39, 0.29) is 0 Å². The van der Waals surface area contributed by atoms with E-state index in [1.165, 1.54) is 163 Å². The SMILES string of the molecule is ICCCCCCCCCCCCCCCCCCCCCCCCCCI. The van der Waals surface area contributed by atoms with Gasteiger partial charge in [0.1, 0.15) is 0 Å². The van der Waals surface area contributed by atoms with Crippen molar-refractivity contribution in [2.45, 2.75) is 154 Å². The zero-order valence-corrected chi connectivity index (χ0v) is 23.5. The standard InChI is InChI=1S/C26H52I2/c27-25-23-21-19-17-15-13-11-9-7-5-3-1-2-4-6-8-10-12-14-16-18-20-22-24-26-28/h1-26H2. The number of unbranched alkanes of at least 4 members (excludes halogenated alkanes) is 23. The smallest absolute Gasteiger partial charge is 0.000473 e. The molecule has 0 aromatic carbocycles. The first-order valence-corrected chi connectivity index (χ1v) is 16.1. The average Bonchev–Trinajstić information content (AvgIpc) is 2.71. The second kappa shape index (κ2) is 28.5. The van der Waals surface area contributed by atoms with Crippen molar-refractivity contribution in [3.05, 3.63) is 0 Å². The Hall–Kier alpha value is 1.46. The molecule has 0 aromatic rings. The third kappa shape index (κ3) is 27.5. The van der Waals surface area contributed by atoms with Crippen molar-refractivity contribution in [3.8, 4) is 0 Å². The summed E-state index contributed by atoms with van der Waals surface area (Å²) in [7, 11) is 0. The van der Waals surface area contributed by atoms with Gasteiger partial charge in [0, 0.05) is 0 Å². The lowest BCUT2D eigenvalue weighted by Crippen LogP contribution is -1.85. The Morgan fingerprint density at radius 1 is 0.179 bits per heavy atom. The Bertz CT molecular complexity index is 229. The highest BCUT2D eigenvalue weighted by atomic mass is 127. The van der Waals surface area contributed by atoms with Gasteiger partial charge in [-0.25, -0.2) is 0 Å². The molecule has 0 fully saturated rings. The Labute approximate surface area is 206 Å². The Morgan fingerprint density at radius 3 is 0.393 bits per heavy atom. The van der Waals surface area contributed by atoms with Gasteiger partial charge in [0.15, 0.2) is 0 Å². The number of alkyl halides is 2. The Morgan fingerprint density at radius 2 is 0.286 bits per heavy atom. The Kier molecular flexibility index (Phi) is 29.9. The molecular formula is C26H52I2. The monoisotopic (exact) mass is 618 g/mol. The van der Waals surface area contributed by atoms with E-state index in [4.69, 9.17) is 0 Å². The molecule has 0 amide bonds. The molecule has 0 saturated carbocycles. The highest BCUT2D eigenvalue weighted by molar-refractivity contribution is 14.1. The molecule has 0 spiro atoms. The van der Waals surface area contributed by atoms with Crippen LogP contribution in [-0.4, -0.2) is 8.86 Å². The zero-order chi connectivity index (χ0) is 20.4. The largest absolute Gasteiger partial charge is 0.0864 e. The number of rotatable bonds is 25. The lowest BCUT2D eigenvalue weighted by atomic mass is 10.0. The first kappa shape index (κ1) is 29.5. The fourth-order valence-corrected chi connectivity index (χ4v) is 5.16. The summed E-state index contributed by atoms with van der Waals surface area (Å²) in [5.74, 6) is 0. The maximum Gasteiger partial charge on any atom is -0.000473 e. The minimum atomic E-state index is 1.34. The third-order valence-electron chi connectivity index (χ3n) is 6.02. The van der Waals surface area contributed by atoms with Gasteiger partial charge in [-0.2, -0.15) is 0 Å². The maximum absolute atomic E-state index is 2.50. The van der Waals surface area contributed by atoms with Crippen LogP contribution < -0.4 is 0 Å². The van der Waals surface area contributed by atoms with Gasteiger partial charge in [0.05, 0.1) is 0 Å². The Balaban J connectivity index is 2.96. The molecule has 0 unspecified atom stereocenters. The highest BCUT2D eigenvalue weighted by Crippen LogP contribution is 2.15. The molecule has 28 heavy (non-hydrogen) atoms. The number of halogens is 2. The molecule has 0 heterocycles. The molecule has 0 aliphatic heterocycles. The first-order valence-electron chi connectivity index (χ1n) is 13.0. The summed E-state index contributed by atoms with van der Waals surface area (Å²) in [6.45, 7) is 0. The molecule has 0 aliphatic carbocycles. The quantitative estimate of drug-likeness (QED) is 0.0543. The van der Waals surface area contributed by atoms with Gasteiger partial charge in [0.25, 0.3) is 0 Å². The summed E-state index contributed by atoms with van der Waals surface area (Å²) in [4.78, 5) is 0. The molecule has 0 N–H and O–H groups in total. The summed E-state index contributed by atoms with van der Waals surface area (Å²) >= 11 is 4.99. The molecule has 0 aliphatic rings. The summed E-state index contributed by atoms with van der Waals surface area (Å²) < 4.78 is 2.69. The third-order valence-corrected chi connectivity index (χ3v) is 7.54. The van der Waals surface area contributed by atoms with Crippen LogP contribution in [0.15, 0.2) is 0 Å². The van der Waals surface area contributed by atoms with E-state index in [0.29, 0.717) is 0 Å². The summed E-state index contributed by atoms with van der Waals surface area (Å²) in [6.07, 6.45) is 35.6. The van der Waals surface area contributed by atoms with Gasteiger partial charge >= 0.3 is 0 Å². The summed E-state index contributed by atoms with van der Waals surface area (Å²) in [6, 6.07) is 0. The van der Waals surface area contributed by atoms with Crippen molar-refractivity contribution in [1.29, 1.82) is 0 Å². The molecule has 0 nitrogen and oxygen atoms in total. The topological polar surface area (TPSA) is 0 Å². The normalized spacial score (nSPS) is 11.4. The van der Waals surface area contributed by atoms with Gasteiger partial charge in [0.2, 0.25) is 0 Å². The van der Waals surface area contributed by atoms with Crippen molar-refractivity contribution < 1.29 is 0 Å². The van der Waals surface area contributed by atoms with Crippen LogP contribution in [0.4, 0.5) is 0 Å². The minimum Gasteiger partial charge on any atom is -0.0864 e. The van der Waals surface area contributed by atoms with Crippen LogP contribution in [0.2, 0.25) is 0 Å². The highest BCUT2D eigenvalue weighted by Gasteiger charge is 1.96. The number of hydrogen-bond acceptors (Lipinski definition) is 0. The average molecular weight is 619 g/mol. The van der Waals surface area contributed by atoms with Crippen LogP contribution in [0.1, 0.15) is 154 Å². The lowest BCUT2D eigenvalue weighted by Gasteiger charge is -2.04. The van der Waals surface area contributed by atoms with Crippen LogP contribution in [0.25, 0.3) is 0 Å². The van der Waals surface area contributed by atoms with Crippen molar-refractivity contribution in [2.75, 3.05) is 8.86 Å². The van der Waals surface area contributed by atoms with Gasteiger partial charge in [-0.3, -0.25) is 0 Å². The van der Waals surface area contributed by atoms with Crippen LogP contribution in [0.3, 0.4) is 0 Å². The molecule has 0 saturated heterocycles. The molecular weight excluding hydrogens is 566 g/mol. The molecule has 170 valence electrons. The van der Waals surface area contributed by atoms with Crippen molar-refractivity contribution >= 4 is 45.2 Å². The van der Waals surface area contributed by atoms with E-state index < -0.39 is 0 Å². The summed E-state index contributed by atoms with van der Waals surface area (Å²) in [5, 5.41) is 0. The second-order valence-electron chi connectivity index (χ2n) is 8.86. The maximum atomic E-state index is 2.50. The van der Waals surface area contributed by atoms with E-state index in [9.17, 15) is 0 Å². The summed E-state index contributed by atoms with van der Waals surface area (Å²) in [5.41, 5.74) is 0. The molecule has 0 bridgehead atoms. The molecule has 0 aromatic heterocycles. The lowest BCUT2D eigenvalue weighted by molar-refractivity contribution is 0.518. The van der Waals surface area contributed by atoms with E-state index in [1.54, 1.807) is 0 Å². The molecule has 0 atom stereocenters. The minimum absolute atomic E-state index is 1.34. The van der Waals surface area contributed by atoms with Crippen LogP contribution in [0.5, 0.6) is 0 Å². The van der Waals surface area contributed by atoms with Crippen LogP contribution >= 0.6 is 45.2 Å². The van der Waals surface area contributed by atoms with Gasteiger partial charge in [-0.1, -0.05) is 186 Å². The number of hydrogen-bond donors (Lipinski definition) is 0. The van der Waals surface area contributed by atoms with Gasteiger partial charge in [-0.15, -0.1) is 0 Å². The van der Waals surface area contributed by atoms with E-state index in [1.807, 2.05) is 0 Å². The molecule has 0 rings (SSSR count). The fourth-order valence-electron chi connectivity index (χ4n) is 4.08. The molecule has 0 radical (unpaired) electrons. The first-order chi connectivity index (χ1) is 13.9. The van der Waals surface area contributed by atoms with Gasteiger partial charge in [-0.05, 0) is 21.7 Å². The predicted molar refractivity (Wildman–Crippen MR) is 149 cm³/mol. The zero-order valence-electron chi connectivity index (χ0n) is 19.1. The van der Waals surface area contributed by atoms with Crippen LogP contribution in [0, 0.1) is 0 Å². The van der Waals surface area contributed by atoms with Crippen molar-refractivity contribution in [1.82, 2.24) is 0 Å². The van der Waals surface area contributed by atoms with Crippen LogP contribution in [-0.2, 0) is 0 Å². The van der Waals surface area contributed by atoms with E-state index in [0.717, 1.165) is 0 Å². The molecule has 2 heteroatoms. The van der Waals surface area contributed by atoms with E-state index in [2.05, 4.69) is 45.2 Å². The second-order valence-corrected chi connectivity index (χ2v) is 11.0.